The van der Waals surface area contributed by atoms with Crippen molar-refractivity contribution >= 4 is 11.9 Å². The number of carbonyl (C=O) groups is 2. The summed E-state index contributed by atoms with van der Waals surface area (Å²) in [4.78, 5) is 25.9. The molecule has 0 heterocycles. The Labute approximate surface area is 311 Å². The first kappa shape index (κ1) is 48.9. The summed E-state index contributed by atoms with van der Waals surface area (Å²) in [5.74, 6) is -0.463. The van der Waals surface area contributed by atoms with E-state index in [9.17, 15) is 19.8 Å². The zero-order valence-corrected chi connectivity index (χ0v) is 33.8. The molecule has 0 bridgehead atoms. The number of unbranched alkanes of at least 4 members (excludes halogenated alkanes) is 28. The second-order valence-corrected chi connectivity index (χ2v) is 15.5. The van der Waals surface area contributed by atoms with Gasteiger partial charge in [-0.3, -0.25) is 9.59 Å². The summed E-state index contributed by atoms with van der Waals surface area (Å²) in [7, 11) is 0. The number of aliphatic hydroxyl groups is 2. The molecular formula is C44H87NO5. The molecule has 6 nitrogen and oxygen atoms in total. The van der Waals surface area contributed by atoms with Gasteiger partial charge in [-0.05, 0) is 25.7 Å². The topological polar surface area (TPSA) is 95.9 Å². The van der Waals surface area contributed by atoms with Gasteiger partial charge < -0.3 is 20.3 Å². The lowest BCUT2D eigenvalue weighted by atomic mass is 10.0. The molecule has 0 aliphatic carbocycles. The van der Waals surface area contributed by atoms with Gasteiger partial charge in [0.25, 0.3) is 0 Å². The van der Waals surface area contributed by atoms with E-state index in [2.05, 4.69) is 26.1 Å². The fraction of sp³-hybridized carbons (Fsp3) is 0.955. The Morgan fingerprint density at radius 3 is 1.22 bits per heavy atom. The van der Waals surface area contributed by atoms with Crippen molar-refractivity contribution in [2.24, 2.45) is 0 Å². The van der Waals surface area contributed by atoms with Gasteiger partial charge >= 0.3 is 5.97 Å². The number of hydrogen-bond donors (Lipinski definition) is 3. The van der Waals surface area contributed by atoms with Crippen LogP contribution in [-0.4, -0.2) is 46.9 Å². The molecule has 0 radical (unpaired) electrons. The molecular weight excluding hydrogens is 622 g/mol. The summed E-state index contributed by atoms with van der Waals surface area (Å²) in [6.45, 7) is 6.45. The lowest BCUT2D eigenvalue weighted by Gasteiger charge is -2.24. The highest BCUT2D eigenvalue weighted by molar-refractivity contribution is 5.77. The Bertz CT molecular complexity index is 717. The maximum atomic E-state index is 13.1. The number of aliphatic hydroxyl groups excluding tert-OH is 2. The van der Waals surface area contributed by atoms with Crippen LogP contribution in [0.1, 0.15) is 245 Å². The summed E-state index contributed by atoms with van der Waals surface area (Å²) >= 11 is 0. The van der Waals surface area contributed by atoms with Crippen molar-refractivity contribution in [2.45, 2.75) is 264 Å². The monoisotopic (exact) mass is 710 g/mol. The molecule has 298 valence electrons. The maximum Gasteiger partial charge on any atom is 0.306 e. The second-order valence-electron chi connectivity index (χ2n) is 15.5. The van der Waals surface area contributed by atoms with E-state index in [0.717, 1.165) is 44.9 Å². The average Bonchev–Trinajstić information content (AvgIpc) is 3.10. The lowest BCUT2D eigenvalue weighted by Crippen LogP contribution is -2.46. The van der Waals surface area contributed by atoms with Crippen LogP contribution < -0.4 is 5.32 Å². The molecule has 6 heteroatoms. The molecule has 0 rings (SSSR count). The molecule has 0 aliphatic heterocycles. The highest BCUT2D eigenvalue weighted by Crippen LogP contribution is 2.18. The zero-order valence-electron chi connectivity index (χ0n) is 33.8. The first-order chi connectivity index (χ1) is 24.5. The summed E-state index contributed by atoms with van der Waals surface area (Å²) in [6.07, 6.45) is 38.7. The van der Waals surface area contributed by atoms with Crippen molar-refractivity contribution in [3.05, 3.63) is 0 Å². The third-order valence-corrected chi connectivity index (χ3v) is 10.4. The molecule has 0 aromatic heterocycles. The molecule has 3 unspecified atom stereocenters. The van der Waals surface area contributed by atoms with Crippen LogP contribution in [-0.2, 0) is 14.3 Å². The van der Waals surface area contributed by atoms with Crippen molar-refractivity contribution in [1.29, 1.82) is 0 Å². The van der Waals surface area contributed by atoms with Crippen LogP contribution >= 0.6 is 0 Å². The lowest BCUT2D eigenvalue weighted by molar-refractivity contribution is -0.151. The highest BCUT2D eigenvalue weighted by atomic mass is 16.5. The SMILES string of the molecule is CCCCCCCCCCCCCC(=O)OC(CCCCCCCCCCC)CC(=O)NC(CO)C(O)CCCCCCCCCCCCC. The smallest absolute Gasteiger partial charge is 0.306 e. The Balaban J connectivity index is 4.51. The maximum absolute atomic E-state index is 13.1. The van der Waals surface area contributed by atoms with Gasteiger partial charge in [0.1, 0.15) is 6.10 Å². The Hall–Kier alpha value is -1.14. The van der Waals surface area contributed by atoms with E-state index >= 15 is 0 Å². The van der Waals surface area contributed by atoms with Crippen LogP contribution in [0, 0.1) is 0 Å². The third-order valence-electron chi connectivity index (χ3n) is 10.4. The summed E-state index contributed by atoms with van der Waals surface area (Å²) in [5, 5.41) is 23.6. The van der Waals surface area contributed by atoms with Gasteiger partial charge in [0, 0.05) is 6.42 Å². The van der Waals surface area contributed by atoms with Crippen LogP contribution in [0.4, 0.5) is 0 Å². The van der Waals surface area contributed by atoms with Crippen molar-refractivity contribution in [2.75, 3.05) is 6.61 Å². The molecule has 1 amide bonds. The predicted molar refractivity (Wildman–Crippen MR) is 214 cm³/mol. The van der Waals surface area contributed by atoms with Gasteiger partial charge in [-0.25, -0.2) is 0 Å². The van der Waals surface area contributed by atoms with Gasteiger partial charge in [-0.2, -0.15) is 0 Å². The fourth-order valence-electron chi connectivity index (χ4n) is 7.02. The normalized spacial score (nSPS) is 13.3. The molecule has 3 atom stereocenters. The van der Waals surface area contributed by atoms with E-state index < -0.39 is 18.2 Å². The molecule has 3 N–H and O–H groups in total. The number of esters is 1. The minimum Gasteiger partial charge on any atom is -0.462 e. The number of ether oxygens (including phenoxy) is 1. The predicted octanol–water partition coefficient (Wildman–Crippen LogP) is 12.4. The van der Waals surface area contributed by atoms with Crippen molar-refractivity contribution in [1.82, 2.24) is 5.32 Å². The van der Waals surface area contributed by atoms with E-state index in [1.165, 1.54) is 154 Å². The van der Waals surface area contributed by atoms with E-state index in [1.54, 1.807) is 0 Å². The van der Waals surface area contributed by atoms with E-state index in [4.69, 9.17) is 4.74 Å². The number of rotatable bonds is 40. The van der Waals surface area contributed by atoms with Gasteiger partial charge in [0.05, 0.1) is 25.2 Å². The zero-order chi connectivity index (χ0) is 36.8. The van der Waals surface area contributed by atoms with Crippen LogP contribution in [0.15, 0.2) is 0 Å². The molecule has 50 heavy (non-hydrogen) atoms. The van der Waals surface area contributed by atoms with Crippen LogP contribution in [0.3, 0.4) is 0 Å². The molecule has 0 fully saturated rings. The van der Waals surface area contributed by atoms with Crippen LogP contribution in [0.2, 0.25) is 0 Å². The van der Waals surface area contributed by atoms with E-state index in [-0.39, 0.29) is 24.9 Å². The number of carbonyl (C=O) groups excluding carboxylic acids is 2. The molecule has 0 spiro atoms. The van der Waals surface area contributed by atoms with E-state index in [0.29, 0.717) is 19.3 Å². The number of amides is 1. The Morgan fingerprint density at radius 2 is 0.840 bits per heavy atom. The Morgan fingerprint density at radius 1 is 0.500 bits per heavy atom. The second kappa shape index (κ2) is 39.1. The van der Waals surface area contributed by atoms with Gasteiger partial charge in [0.2, 0.25) is 5.91 Å². The number of hydrogen-bond acceptors (Lipinski definition) is 5. The van der Waals surface area contributed by atoms with Gasteiger partial charge in [-0.1, -0.05) is 207 Å². The molecule has 0 aromatic rings. The van der Waals surface area contributed by atoms with Crippen molar-refractivity contribution in [3.8, 4) is 0 Å². The Kier molecular flexibility index (Phi) is 38.2. The number of nitrogens with one attached hydrogen (secondary N) is 1. The third kappa shape index (κ3) is 34.0. The molecule has 0 aromatic carbocycles. The molecule has 0 saturated carbocycles. The fourth-order valence-corrected chi connectivity index (χ4v) is 7.02. The molecule has 0 saturated heterocycles. The van der Waals surface area contributed by atoms with Gasteiger partial charge in [-0.15, -0.1) is 0 Å². The first-order valence-corrected chi connectivity index (χ1v) is 22.3. The molecule has 0 aliphatic rings. The summed E-state index contributed by atoms with van der Waals surface area (Å²) in [6, 6.07) is -0.689. The summed E-state index contributed by atoms with van der Waals surface area (Å²) in [5.41, 5.74) is 0. The minimum atomic E-state index is -0.776. The average molecular weight is 710 g/mol. The largest absolute Gasteiger partial charge is 0.462 e. The summed E-state index contributed by atoms with van der Waals surface area (Å²) < 4.78 is 5.88. The van der Waals surface area contributed by atoms with Crippen LogP contribution in [0.25, 0.3) is 0 Å². The minimum absolute atomic E-state index is 0.0860. The van der Waals surface area contributed by atoms with Gasteiger partial charge in [0.15, 0.2) is 0 Å². The quantitative estimate of drug-likeness (QED) is 0.0435. The standard InChI is InChI=1S/C44H87NO5/c1-4-7-10-13-16-19-21-24-27-30-33-36-42(47)41(39-46)45-43(48)38-40(35-32-29-26-23-18-15-12-9-6-3)50-44(49)37-34-31-28-25-22-20-17-14-11-8-5-2/h40-42,46-47H,4-39H2,1-3H3,(H,45,48). The van der Waals surface area contributed by atoms with Crippen LogP contribution in [0.5, 0.6) is 0 Å². The highest BCUT2D eigenvalue weighted by Gasteiger charge is 2.24. The first-order valence-electron chi connectivity index (χ1n) is 22.3. The van der Waals surface area contributed by atoms with E-state index in [1.807, 2.05) is 0 Å². The van der Waals surface area contributed by atoms with Crippen molar-refractivity contribution < 1.29 is 24.5 Å². The van der Waals surface area contributed by atoms with Crippen molar-refractivity contribution in [3.63, 3.8) is 0 Å².